The van der Waals surface area contributed by atoms with Crippen LogP contribution in [-0.2, 0) is 4.79 Å². The van der Waals surface area contributed by atoms with Crippen LogP contribution in [0.4, 0.5) is 0 Å². The average Bonchev–Trinajstić information content (AvgIpc) is 2.37. The van der Waals surface area contributed by atoms with Crippen LogP contribution in [0.25, 0.3) is 0 Å². The minimum atomic E-state index is -0.159. The number of rotatable bonds is 9. The summed E-state index contributed by atoms with van der Waals surface area (Å²) in [5.74, 6) is 0.0331. The van der Waals surface area contributed by atoms with Gasteiger partial charge >= 0.3 is 0 Å². The van der Waals surface area contributed by atoms with E-state index in [0.29, 0.717) is 13.1 Å². The van der Waals surface area contributed by atoms with Gasteiger partial charge in [0.05, 0.1) is 6.61 Å². The Kier molecular flexibility index (Phi) is 8.17. The molecule has 0 aromatic carbocycles. The van der Waals surface area contributed by atoms with Gasteiger partial charge in [0.2, 0.25) is 5.91 Å². The van der Waals surface area contributed by atoms with E-state index in [1.807, 2.05) is 27.7 Å². The highest BCUT2D eigenvalue weighted by Gasteiger charge is 2.26. The average molecular weight is 244 g/mol. The van der Waals surface area contributed by atoms with Crippen molar-refractivity contribution in [3.63, 3.8) is 0 Å². The van der Waals surface area contributed by atoms with Gasteiger partial charge in [-0.05, 0) is 19.4 Å². The second kappa shape index (κ2) is 8.48. The van der Waals surface area contributed by atoms with Gasteiger partial charge in [0.25, 0.3) is 0 Å². The number of carbonyl (C=O) groups excluding carboxylic acids is 1. The van der Waals surface area contributed by atoms with E-state index in [-0.39, 0.29) is 23.8 Å². The van der Waals surface area contributed by atoms with Crippen LogP contribution in [0.2, 0.25) is 0 Å². The third-order valence-corrected chi connectivity index (χ3v) is 3.62. The van der Waals surface area contributed by atoms with Gasteiger partial charge in [-0.3, -0.25) is 4.79 Å². The first-order valence-electron chi connectivity index (χ1n) is 6.64. The van der Waals surface area contributed by atoms with Gasteiger partial charge in [0.1, 0.15) is 0 Å². The number of carbonyl (C=O) groups is 1. The zero-order chi connectivity index (χ0) is 13.3. The summed E-state index contributed by atoms with van der Waals surface area (Å²) in [7, 11) is 0. The lowest BCUT2D eigenvalue weighted by molar-refractivity contribution is -0.125. The standard InChI is InChI=1S/C13H28N2O2/c1-5-13(6-2,10-16)9-15-12(17)11(4)8-14-7-3/h11,14,16H,5-10H2,1-4H3,(H,15,17). The number of hydrogen-bond donors (Lipinski definition) is 3. The Morgan fingerprint density at radius 2 is 1.88 bits per heavy atom. The second-order valence-electron chi connectivity index (χ2n) is 4.79. The molecule has 17 heavy (non-hydrogen) atoms. The van der Waals surface area contributed by atoms with Crippen molar-refractivity contribution in [2.45, 2.75) is 40.5 Å². The maximum Gasteiger partial charge on any atom is 0.224 e. The van der Waals surface area contributed by atoms with Crippen molar-refractivity contribution in [1.82, 2.24) is 10.6 Å². The van der Waals surface area contributed by atoms with Crippen LogP contribution in [0.5, 0.6) is 0 Å². The zero-order valence-electron chi connectivity index (χ0n) is 11.7. The molecule has 0 aliphatic heterocycles. The summed E-state index contributed by atoms with van der Waals surface area (Å²) in [6.45, 7) is 10.3. The minimum Gasteiger partial charge on any atom is -0.396 e. The Morgan fingerprint density at radius 3 is 2.29 bits per heavy atom. The molecule has 1 atom stereocenters. The summed E-state index contributed by atoms with van der Waals surface area (Å²) in [6, 6.07) is 0. The van der Waals surface area contributed by atoms with Crippen molar-refractivity contribution in [1.29, 1.82) is 0 Å². The van der Waals surface area contributed by atoms with Crippen LogP contribution in [0.3, 0.4) is 0 Å². The summed E-state index contributed by atoms with van der Waals surface area (Å²) >= 11 is 0. The van der Waals surface area contributed by atoms with Crippen LogP contribution in [0.15, 0.2) is 0 Å². The lowest BCUT2D eigenvalue weighted by Gasteiger charge is -2.30. The summed E-state index contributed by atoms with van der Waals surface area (Å²) in [5.41, 5.74) is -0.159. The summed E-state index contributed by atoms with van der Waals surface area (Å²) in [4.78, 5) is 11.8. The van der Waals surface area contributed by atoms with E-state index in [1.165, 1.54) is 0 Å². The number of nitrogens with one attached hydrogen (secondary N) is 2. The smallest absolute Gasteiger partial charge is 0.224 e. The van der Waals surface area contributed by atoms with E-state index in [2.05, 4.69) is 10.6 Å². The molecule has 0 rings (SSSR count). The molecule has 0 fully saturated rings. The van der Waals surface area contributed by atoms with Gasteiger partial charge in [0, 0.05) is 24.4 Å². The highest BCUT2D eigenvalue weighted by molar-refractivity contribution is 5.78. The molecule has 1 amide bonds. The highest BCUT2D eigenvalue weighted by Crippen LogP contribution is 2.24. The predicted molar refractivity (Wildman–Crippen MR) is 70.8 cm³/mol. The van der Waals surface area contributed by atoms with Gasteiger partial charge in [-0.25, -0.2) is 0 Å². The molecule has 0 heterocycles. The number of aliphatic hydroxyl groups is 1. The van der Waals surface area contributed by atoms with Crippen LogP contribution in [0.1, 0.15) is 40.5 Å². The molecule has 0 aromatic heterocycles. The van der Waals surface area contributed by atoms with Gasteiger partial charge in [0.15, 0.2) is 0 Å². The lowest BCUT2D eigenvalue weighted by Crippen LogP contribution is -2.43. The normalized spacial score (nSPS) is 13.5. The molecule has 3 N–H and O–H groups in total. The van der Waals surface area contributed by atoms with E-state index >= 15 is 0 Å². The summed E-state index contributed by atoms with van der Waals surface area (Å²) in [5, 5.41) is 15.5. The molecule has 4 heteroatoms. The van der Waals surface area contributed by atoms with Crippen LogP contribution >= 0.6 is 0 Å². The zero-order valence-corrected chi connectivity index (χ0v) is 11.7. The molecular weight excluding hydrogens is 216 g/mol. The molecule has 0 aromatic rings. The van der Waals surface area contributed by atoms with Gasteiger partial charge in [-0.15, -0.1) is 0 Å². The third-order valence-electron chi connectivity index (χ3n) is 3.62. The molecular formula is C13H28N2O2. The number of aliphatic hydroxyl groups excluding tert-OH is 1. The molecule has 0 bridgehead atoms. The Bertz CT molecular complexity index is 207. The molecule has 0 spiro atoms. The van der Waals surface area contributed by atoms with Crippen molar-refractivity contribution in [3.8, 4) is 0 Å². The quantitative estimate of drug-likeness (QED) is 0.570. The first-order valence-corrected chi connectivity index (χ1v) is 6.64. The summed E-state index contributed by atoms with van der Waals surface area (Å²) < 4.78 is 0. The fraction of sp³-hybridized carbons (Fsp3) is 0.923. The highest BCUT2D eigenvalue weighted by atomic mass is 16.3. The lowest BCUT2D eigenvalue weighted by atomic mass is 9.83. The topological polar surface area (TPSA) is 61.4 Å². The van der Waals surface area contributed by atoms with Crippen molar-refractivity contribution in [2.75, 3.05) is 26.2 Å². The first-order chi connectivity index (χ1) is 8.05. The molecule has 0 saturated heterocycles. The molecule has 102 valence electrons. The second-order valence-corrected chi connectivity index (χ2v) is 4.79. The molecule has 1 unspecified atom stereocenters. The van der Waals surface area contributed by atoms with Crippen molar-refractivity contribution in [2.24, 2.45) is 11.3 Å². The Morgan fingerprint density at radius 1 is 1.29 bits per heavy atom. The fourth-order valence-electron chi connectivity index (χ4n) is 1.68. The van der Waals surface area contributed by atoms with E-state index in [4.69, 9.17) is 0 Å². The monoisotopic (exact) mass is 244 g/mol. The third kappa shape index (κ3) is 5.50. The molecule has 0 saturated carbocycles. The van der Waals surface area contributed by atoms with E-state index in [1.54, 1.807) is 0 Å². The van der Waals surface area contributed by atoms with Crippen LogP contribution < -0.4 is 10.6 Å². The van der Waals surface area contributed by atoms with Gasteiger partial charge in [-0.2, -0.15) is 0 Å². The summed E-state index contributed by atoms with van der Waals surface area (Å²) in [6.07, 6.45) is 1.75. The SMILES string of the molecule is CCNCC(C)C(=O)NCC(CC)(CC)CO. The Hall–Kier alpha value is -0.610. The predicted octanol–water partition coefficient (Wildman–Crippen LogP) is 1.15. The number of amides is 1. The minimum absolute atomic E-state index is 0.0277. The molecule has 0 aliphatic rings. The Balaban J connectivity index is 4.12. The van der Waals surface area contributed by atoms with Crippen LogP contribution in [0, 0.1) is 11.3 Å². The maximum atomic E-state index is 11.8. The molecule has 0 radical (unpaired) electrons. The maximum absolute atomic E-state index is 11.8. The largest absolute Gasteiger partial charge is 0.396 e. The Labute approximate surface area is 105 Å². The molecule has 0 aliphatic carbocycles. The van der Waals surface area contributed by atoms with Crippen molar-refractivity contribution >= 4 is 5.91 Å². The van der Waals surface area contributed by atoms with Crippen molar-refractivity contribution < 1.29 is 9.90 Å². The van der Waals surface area contributed by atoms with E-state index in [9.17, 15) is 9.90 Å². The van der Waals surface area contributed by atoms with E-state index in [0.717, 1.165) is 19.4 Å². The number of hydrogen-bond acceptors (Lipinski definition) is 3. The van der Waals surface area contributed by atoms with Gasteiger partial charge in [-0.1, -0.05) is 27.7 Å². The van der Waals surface area contributed by atoms with Gasteiger partial charge < -0.3 is 15.7 Å². The van der Waals surface area contributed by atoms with Crippen LogP contribution in [-0.4, -0.2) is 37.3 Å². The van der Waals surface area contributed by atoms with Crippen molar-refractivity contribution in [3.05, 3.63) is 0 Å². The van der Waals surface area contributed by atoms with E-state index < -0.39 is 0 Å². The molecule has 4 nitrogen and oxygen atoms in total. The fourth-order valence-corrected chi connectivity index (χ4v) is 1.68. The first kappa shape index (κ1) is 16.4.